The molecule has 12 heteroatoms. The van der Waals surface area contributed by atoms with E-state index in [-0.39, 0.29) is 11.7 Å². The van der Waals surface area contributed by atoms with Crippen LogP contribution in [0.5, 0.6) is 17.2 Å². The number of hydrogen-bond donors (Lipinski definition) is 1. The molecule has 0 saturated carbocycles. The highest BCUT2D eigenvalue weighted by Crippen LogP contribution is 2.32. The maximum absolute atomic E-state index is 14.1. The molecule has 0 radical (unpaired) electrons. The van der Waals surface area contributed by atoms with Crippen LogP contribution in [0.2, 0.25) is 0 Å². The summed E-state index contributed by atoms with van der Waals surface area (Å²) in [5, 5.41) is 0. The van der Waals surface area contributed by atoms with E-state index < -0.39 is 5.69 Å². The highest BCUT2D eigenvalue weighted by molar-refractivity contribution is 6.02. The van der Waals surface area contributed by atoms with Crippen LogP contribution in [-0.4, -0.2) is 76.9 Å². The van der Waals surface area contributed by atoms with E-state index in [2.05, 4.69) is 14.9 Å². The Balaban J connectivity index is 1.33. The first kappa shape index (κ1) is 30.6. The van der Waals surface area contributed by atoms with Gasteiger partial charge in [-0.15, -0.1) is 0 Å². The van der Waals surface area contributed by atoms with Gasteiger partial charge in [-0.05, 0) is 68.1 Å². The molecular formula is C34H35N7O5. The molecule has 0 spiro atoms. The lowest BCUT2D eigenvalue weighted by Crippen LogP contribution is -2.32. The van der Waals surface area contributed by atoms with Gasteiger partial charge in [-0.25, -0.2) is 19.3 Å². The molecule has 5 aromatic rings. The molecule has 1 saturated heterocycles. The van der Waals surface area contributed by atoms with Crippen LogP contribution in [0.1, 0.15) is 6.42 Å². The number of anilines is 2. The molecule has 0 bridgehead atoms. The molecule has 1 aliphatic rings. The van der Waals surface area contributed by atoms with Gasteiger partial charge >= 0.3 is 5.69 Å². The first-order valence-corrected chi connectivity index (χ1v) is 14.8. The fourth-order valence-electron chi connectivity index (χ4n) is 5.46. The van der Waals surface area contributed by atoms with Crippen molar-refractivity contribution in [1.82, 2.24) is 24.0 Å². The number of para-hydroxylation sites is 1. The normalized spacial score (nSPS) is 14.7. The monoisotopic (exact) mass is 621 g/mol. The van der Waals surface area contributed by atoms with Crippen molar-refractivity contribution in [2.45, 2.75) is 12.5 Å². The molecule has 3 aromatic carbocycles. The summed E-state index contributed by atoms with van der Waals surface area (Å²) in [6.45, 7) is 2.07. The Labute approximate surface area is 265 Å². The molecule has 1 aliphatic heterocycles. The molecule has 3 heterocycles. The average molecular weight is 622 g/mol. The summed E-state index contributed by atoms with van der Waals surface area (Å²) in [6, 6.07) is 22.0. The number of benzene rings is 3. The summed E-state index contributed by atoms with van der Waals surface area (Å²) in [6.07, 6.45) is 5.66. The molecule has 0 aliphatic carbocycles. The quantitative estimate of drug-likeness (QED) is 0.228. The van der Waals surface area contributed by atoms with E-state index in [1.807, 2.05) is 43.5 Å². The molecule has 236 valence electrons. The summed E-state index contributed by atoms with van der Waals surface area (Å²) >= 11 is 0. The van der Waals surface area contributed by atoms with E-state index in [1.165, 1.54) is 33.5 Å². The maximum atomic E-state index is 14.1. The predicted octanol–water partition coefficient (Wildman–Crippen LogP) is 4.19. The minimum atomic E-state index is -0.414. The zero-order valence-corrected chi connectivity index (χ0v) is 25.9. The van der Waals surface area contributed by atoms with Crippen LogP contribution in [0.3, 0.4) is 0 Å². The van der Waals surface area contributed by atoms with E-state index in [9.17, 15) is 9.59 Å². The highest BCUT2D eigenvalue weighted by Gasteiger charge is 2.23. The third-order valence-corrected chi connectivity index (χ3v) is 8.02. The van der Waals surface area contributed by atoms with Gasteiger partial charge in [0, 0.05) is 32.3 Å². The first-order chi connectivity index (χ1) is 22.4. The fraction of sp³-hybridized carbons (Fsp3) is 0.235. The molecular weight excluding hydrogens is 586 g/mol. The van der Waals surface area contributed by atoms with Crippen LogP contribution < -0.4 is 25.8 Å². The van der Waals surface area contributed by atoms with Crippen LogP contribution in [0.15, 0.2) is 96.1 Å². The Morgan fingerprint density at radius 3 is 2.48 bits per heavy atom. The second kappa shape index (κ2) is 13.3. The lowest BCUT2D eigenvalue weighted by atomic mass is 10.2. The van der Waals surface area contributed by atoms with Crippen molar-refractivity contribution in [3.05, 3.63) is 102 Å². The van der Waals surface area contributed by atoms with E-state index in [1.54, 1.807) is 49.5 Å². The number of nitrogens with zero attached hydrogens (tertiary/aromatic N) is 6. The number of likely N-dealkylation sites (N-methyl/N-ethyl adjacent to an activating group) is 2. The largest absolute Gasteiger partial charge is 0.495 e. The van der Waals surface area contributed by atoms with Crippen molar-refractivity contribution < 1.29 is 19.0 Å². The third kappa shape index (κ3) is 6.08. The van der Waals surface area contributed by atoms with Gasteiger partial charge < -0.3 is 24.8 Å². The number of amides is 1. The first-order valence-electron chi connectivity index (χ1n) is 14.8. The number of nitrogens with two attached hydrogens (primary N) is 1. The number of carbonyl (C=O) groups is 1. The van der Waals surface area contributed by atoms with Gasteiger partial charge in [0.1, 0.15) is 29.1 Å². The van der Waals surface area contributed by atoms with Gasteiger partial charge in [-0.1, -0.05) is 24.3 Å². The molecule has 1 atom stereocenters. The third-order valence-electron chi connectivity index (χ3n) is 8.02. The summed E-state index contributed by atoms with van der Waals surface area (Å²) in [7, 11) is 5.21. The van der Waals surface area contributed by atoms with E-state index >= 15 is 0 Å². The Bertz CT molecular complexity index is 1930. The standard InChI is InChI=1S/C34H35N7O5/c1-38(25-17-19-45-21-25)18-7-10-30(42)39(2)28-20-24(13-16-29(28)44-3)41-33-31(32(35)36-22-37-33)40(34(41)43)23-11-14-27(15-12-23)46-26-8-5-4-6-9-26/h4-16,20,22,25H,17-19,21H2,1-3H3,(H2,35,36,37)/b10-7+/t25-/m0/s1. The van der Waals surface area contributed by atoms with Crippen LogP contribution >= 0.6 is 0 Å². The minimum Gasteiger partial charge on any atom is -0.495 e. The summed E-state index contributed by atoms with van der Waals surface area (Å²) < 4.78 is 19.9. The highest BCUT2D eigenvalue weighted by atomic mass is 16.5. The van der Waals surface area contributed by atoms with Crippen LogP contribution in [-0.2, 0) is 9.53 Å². The predicted molar refractivity (Wildman–Crippen MR) is 176 cm³/mol. The molecule has 1 amide bonds. The average Bonchev–Trinajstić information content (AvgIpc) is 3.72. The van der Waals surface area contributed by atoms with Crippen molar-refractivity contribution in [1.29, 1.82) is 0 Å². The van der Waals surface area contributed by atoms with Crippen molar-refractivity contribution in [3.63, 3.8) is 0 Å². The Kier molecular flexibility index (Phi) is 8.81. The van der Waals surface area contributed by atoms with Crippen molar-refractivity contribution in [2.75, 3.05) is 51.6 Å². The summed E-state index contributed by atoms with van der Waals surface area (Å²) in [4.78, 5) is 39.6. The topological polar surface area (TPSA) is 130 Å². The molecule has 2 aromatic heterocycles. The summed E-state index contributed by atoms with van der Waals surface area (Å²) in [5.74, 6) is 1.67. The van der Waals surface area contributed by atoms with Gasteiger partial charge in [0.25, 0.3) is 5.91 Å². The van der Waals surface area contributed by atoms with Crippen LogP contribution in [0.25, 0.3) is 22.5 Å². The number of aromatic nitrogens is 4. The number of fused-ring (bicyclic) bond motifs is 1. The maximum Gasteiger partial charge on any atom is 0.339 e. The number of imidazole rings is 1. The van der Waals surface area contributed by atoms with E-state index in [0.717, 1.165) is 13.0 Å². The number of hydrogen-bond acceptors (Lipinski definition) is 9. The second-order valence-corrected chi connectivity index (χ2v) is 10.9. The number of rotatable bonds is 10. The number of carbonyl (C=O) groups excluding carboxylic acids is 1. The Morgan fingerprint density at radius 2 is 1.76 bits per heavy atom. The minimum absolute atomic E-state index is 0.144. The molecule has 12 nitrogen and oxygen atoms in total. The van der Waals surface area contributed by atoms with Crippen molar-refractivity contribution in [3.8, 4) is 28.6 Å². The van der Waals surface area contributed by atoms with Gasteiger partial charge in [-0.3, -0.25) is 14.3 Å². The Hall–Kier alpha value is -5.46. The summed E-state index contributed by atoms with van der Waals surface area (Å²) in [5.41, 5.74) is 8.06. The number of methoxy groups -OCH3 is 1. The Morgan fingerprint density at radius 1 is 1.02 bits per heavy atom. The SMILES string of the molecule is COc1ccc(-n2c(=O)n(-c3ccc(Oc4ccccc4)cc3)c3c(N)ncnc32)cc1N(C)C(=O)/C=C/CN(C)[C@H]1CCOC1. The number of ether oxygens (including phenoxy) is 3. The zero-order chi connectivity index (χ0) is 32.2. The van der Waals surface area contributed by atoms with Crippen LogP contribution in [0.4, 0.5) is 11.5 Å². The molecule has 1 fully saturated rings. The molecule has 2 N–H and O–H groups in total. The number of nitrogen functional groups attached to an aromatic ring is 1. The van der Waals surface area contributed by atoms with Crippen LogP contribution in [0, 0.1) is 0 Å². The molecule has 6 rings (SSSR count). The van der Waals surface area contributed by atoms with Gasteiger partial charge in [0.05, 0.1) is 30.8 Å². The van der Waals surface area contributed by atoms with Crippen molar-refractivity contribution in [2.24, 2.45) is 0 Å². The van der Waals surface area contributed by atoms with Gasteiger partial charge in [-0.2, -0.15) is 0 Å². The lowest BCUT2D eigenvalue weighted by Gasteiger charge is -2.21. The van der Waals surface area contributed by atoms with E-state index in [0.29, 0.717) is 64.7 Å². The lowest BCUT2D eigenvalue weighted by molar-refractivity contribution is -0.113. The van der Waals surface area contributed by atoms with Crippen molar-refractivity contribution >= 4 is 28.6 Å². The van der Waals surface area contributed by atoms with Gasteiger partial charge in [0.15, 0.2) is 11.5 Å². The molecule has 0 unspecified atom stereocenters. The fourth-order valence-corrected chi connectivity index (χ4v) is 5.46. The van der Waals surface area contributed by atoms with Gasteiger partial charge in [0.2, 0.25) is 0 Å². The zero-order valence-electron chi connectivity index (χ0n) is 25.9. The van der Waals surface area contributed by atoms with E-state index in [4.69, 9.17) is 19.9 Å². The second-order valence-electron chi connectivity index (χ2n) is 10.9. The molecule has 46 heavy (non-hydrogen) atoms. The smallest absolute Gasteiger partial charge is 0.339 e.